The SMILES string of the molecule is CC(C)Oc1ncnc(NCc2cn[nH]c2)c1N. The fourth-order valence-corrected chi connectivity index (χ4v) is 1.40. The first-order valence-electron chi connectivity index (χ1n) is 5.65. The van der Waals surface area contributed by atoms with E-state index in [0.29, 0.717) is 23.9 Å². The van der Waals surface area contributed by atoms with Gasteiger partial charge in [0.1, 0.15) is 12.0 Å². The van der Waals surface area contributed by atoms with Crippen molar-refractivity contribution in [3.8, 4) is 5.88 Å². The average molecular weight is 248 g/mol. The van der Waals surface area contributed by atoms with E-state index < -0.39 is 0 Å². The van der Waals surface area contributed by atoms with E-state index in [-0.39, 0.29) is 6.10 Å². The molecule has 0 fully saturated rings. The van der Waals surface area contributed by atoms with Gasteiger partial charge in [-0.05, 0) is 13.8 Å². The van der Waals surface area contributed by atoms with Crippen LogP contribution in [-0.2, 0) is 6.54 Å². The number of hydrogen-bond donors (Lipinski definition) is 3. The van der Waals surface area contributed by atoms with Gasteiger partial charge in [0.2, 0.25) is 5.88 Å². The number of nitrogens with zero attached hydrogens (tertiary/aromatic N) is 3. The Bertz CT molecular complexity index is 496. The number of nitrogens with two attached hydrogens (primary N) is 1. The maximum atomic E-state index is 5.94. The molecule has 2 aromatic heterocycles. The van der Waals surface area contributed by atoms with Crippen LogP contribution in [0.5, 0.6) is 5.88 Å². The van der Waals surface area contributed by atoms with E-state index in [1.807, 2.05) is 13.8 Å². The number of nitrogen functional groups attached to an aromatic ring is 1. The lowest BCUT2D eigenvalue weighted by atomic mass is 10.3. The molecule has 0 unspecified atom stereocenters. The topological polar surface area (TPSA) is 102 Å². The molecule has 0 aliphatic heterocycles. The molecule has 2 heterocycles. The molecule has 0 bridgehead atoms. The summed E-state index contributed by atoms with van der Waals surface area (Å²) < 4.78 is 5.49. The van der Waals surface area contributed by atoms with E-state index >= 15 is 0 Å². The molecule has 7 heteroatoms. The smallest absolute Gasteiger partial charge is 0.242 e. The fourth-order valence-electron chi connectivity index (χ4n) is 1.40. The van der Waals surface area contributed by atoms with E-state index in [1.54, 1.807) is 12.4 Å². The van der Waals surface area contributed by atoms with Crippen LogP contribution < -0.4 is 15.8 Å². The largest absolute Gasteiger partial charge is 0.473 e. The standard InChI is InChI=1S/C11H16N6O/c1-7(2)18-11-9(12)10(14-6-15-11)13-3-8-4-16-17-5-8/h4-7H,3,12H2,1-2H3,(H,16,17)(H,13,14,15). The second kappa shape index (κ2) is 5.35. The fraction of sp³-hybridized carbons (Fsp3) is 0.364. The van der Waals surface area contributed by atoms with Crippen molar-refractivity contribution in [1.29, 1.82) is 0 Å². The summed E-state index contributed by atoms with van der Waals surface area (Å²) in [6.07, 6.45) is 4.97. The molecule has 4 N–H and O–H groups in total. The molecule has 0 aliphatic rings. The quantitative estimate of drug-likeness (QED) is 0.734. The molecule has 0 aliphatic carbocycles. The van der Waals surface area contributed by atoms with Gasteiger partial charge in [0.15, 0.2) is 5.82 Å². The summed E-state index contributed by atoms with van der Waals surface area (Å²) in [6.45, 7) is 4.42. The minimum Gasteiger partial charge on any atom is -0.473 e. The van der Waals surface area contributed by atoms with Gasteiger partial charge in [0.05, 0.1) is 12.3 Å². The predicted octanol–water partition coefficient (Wildman–Crippen LogP) is 1.18. The van der Waals surface area contributed by atoms with E-state index in [4.69, 9.17) is 10.5 Å². The molecule has 2 aromatic rings. The van der Waals surface area contributed by atoms with E-state index in [9.17, 15) is 0 Å². The highest BCUT2D eigenvalue weighted by molar-refractivity contribution is 5.66. The molecule has 18 heavy (non-hydrogen) atoms. The maximum absolute atomic E-state index is 5.94. The third-order valence-corrected chi connectivity index (χ3v) is 2.21. The van der Waals surface area contributed by atoms with Gasteiger partial charge in [-0.25, -0.2) is 4.98 Å². The van der Waals surface area contributed by atoms with Gasteiger partial charge < -0.3 is 15.8 Å². The third kappa shape index (κ3) is 2.88. The molecule has 0 radical (unpaired) electrons. The molecule has 0 spiro atoms. The Kier molecular flexibility index (Phi) is 3.61. The lowest BCUT2D eigenvalue weighted by Crippen LogP contribution is -2.11. The molecular formula is C11H16N6O. The molecule has 0 saturated heterocycles. The van der Waals surface area contributed by atoms with Crippen molar-refractivity contribution in [2.45, 2.75) is 26.5 Å². The highest BCUT2D eigenvalue weighted by Crippen LogP contribution is 2.25. The van der Waals surface area contributed by atoms with Gasteiger partial charge in [0, 0.05) is 18.3 Å². The number of rotatable bonds is 5. The summed E-state index contributed by atoms with van der Waals surface area (Å²) >= 11 is 0. The van der Waals surface area contributed by atoms with Crippen molar-refractivity contribution in [2.75, 3.05) is 11.1 Å². The summed E-state index contributed by atoms with van der Waals surface area (Å²) in [7, 11) is 0. The number of aromatic nitrogens is 4. The zero-order valence-electron chi connectivity index (χ0n) is 10.3. The summed E-state index contributed by atoms with van der Waals surface area (Å²) in [5.41, 5.74) is 7.36. The summed E-state index contributed by atoms with van der Waals surface area (Å²) in [5.74, 6) is 0.955. The molecule has 96 valence electrons. The Morgan fingerprint density at radius 1 is 1.44 bits per heavy atom. The van der Waals surface area contributed by atoms with Crippen LogP contribution in [0.4, 0.5) is 11.5 Å². The number of hydrogen-bond acceptors (Lipinski definition) is 6. The number of ether oxygens (including phenoxy) is 1. The Hall–Kier alpha value is -2.31. The van der Waals surface area contributed by atoms with Gasteiger partial charge in [-0.1, -0.05) is 0 Å². The summed E-state index contributed by atoms with van der Waals surface area (Å²) in [4.78, 5) is 8.10. The highest BCUT2D eigenvalue weighted by Gasteiger charge is 2.10. The number of nitrogens with one attached hydrogen (secondary N) is 2. The van der Waals surface area contributed by atoms with Crippen LogP contribution in [0.2, 0.25) is 0 Å². The lowest BCUT2D eigenvalue weighted by Gasteiger charge is -2.13. The summed E-state index contributed by atoms with van der Waals surface area (Å²) in [6, 6.07) is 0. The van der Waals surface area contributed by atoms with Crippen LogP contribution in [0, 0.1) is 0 Å². The van der Waals surface area contributed by atoms with E-state index in [0.717, 1.165) is 5.56 Å². The molecule has 0 aromatic carbocycles. The molecule has 0 saturated carbocycles. The summed E-state index contributed by atoms with van der Waals surface area (Å²) in [5, 5.41) is 9.71. The molecule has 7 nitrogen and oxygen atoms in total. The number of H-pyrrole nitrogens is 1. The van der Waals surface area contributed by atoms with Crippen LogP contribution in [0.3, 0.4) is 0 Å². The van der Waals surface area contributed by atoms with Crippen molar-refractivity contribution in [3.05, 3.63) is 24.3 Å². The minimum atomic E-state index is 0.0175. The van der Waals surface area contributed by atoms with Gasteiger partial charge >= 0.3 is 0 Å². The van der Waals surface area contributed by atoms with Crippen LogP contribution in [0.1, 0.15) is 19.4 Å². The van der Waals surface area contributed by atoms with Gasteiger partial charge in [0.25, 0.3) is 0 Å². The molecule has 0 amide bonds. The third-order valence-electron chi connectivity index (χ3n) is 2.21. The first kappa shape index (κ1) is 12.2. The monoisotopic (exact) mass is 248 g/mol. The number of anilines is 2. The van der Waals surface area contributed by atoms with Crippen molar-refractivity contribution < 1.29 is 4.74 Å². The van der Waals surface area contributed by atoms with Crippen LogP contribution in [-0.4, -0.2) is 26.3 Å². The second-order valence-electron chi connectivity index (χ2n) is 4.07. The first-order chi connectivity index (χ1) is 8.66. The zero-order chi connectivity index (χ0) is 13.0. The Balaban J connectivity index is 2.08. The average Bonchev–Trinajstić information content (AvgIpc) is 2.83. The van der Waals surface area contributed by atoms with Crippen molar-refractivity contribution in [3.63, 3.8) is 0 Å². The van der Waals surface area contributed by atoms with Gasteiger partial charge in [-0.15, -0.1) is 0 Å². The van der Waals surface area contributed by atoms with Crippen molar-refractivity contribution in [2.24, 2.45) is 0 Å². The van der Waals surface area contributed by atoms with Crippen molar-refractivity contribution in [1.82, 2.24) is 20.2 Å². The normalized spacial score (nSPS) is 10.6. The lowest BCUT2D eigenvalue weighted by molar-refractivity contribution is 0.234. The van der Waals surface area contributed by atoms with Gasteiger partial charge in [-0.3, -0.25) is 5.10 Å². The van der Waals surface area contributed by atoms with E-state index in [1.165, 1.54) is 6.33 Å². The van der Waals surface area contributed by atoms with E-state index in [2.05, 4.69) is 25.5 Å². The zero-order valence-corrected chi connectivity index (χ0v) is 10.3. The van der Waals surface area contributed by atoms with Gasteiger partial charge in [-0.2, -0.15) is 10.1 Å². The Morgan fingerprint density at radius 3 is 2.94 bits per heavy atom. The first-order valence-corrected chi connectivity index (χ1v) is 5.65. The number of aromatic amines is 1. The molecular weight excluding hydrogens is 232 g/mol. The minimum absolute atomic E-state index is 0.0175. The second-order valence-corrected chi connectivity index (χ2v) is 4.07. The predicted molar refractivity (Wildman–Crippen MR) is 68.1 cm³/mol. The molecule has 0 atom stereocenters. The van der Waals surface area contributed by atoms with Crippen molar-refractivity contribution >= 4 is 11.5 Å². The van der Waals surface area contributed by atoms with Crippen LogP contribution >= 0.6 is 0 Å². The van der Waals surface area contributed by atoms with Crippen LogP contribution in [0.25, 0.3) is 0 Å². The highest BCUT2D eigenvalue weighted by atomic mass is 16.5. The van der Waals surface area contributed by atoms with Crippen LogP contribution in [0.15, 0.2) is 18.7 Å². The Labute approximate surface area is 105 Å². The Morgan fingerprint density at radius 2 is 2.28 bits per heavy atom. The maximum Gasteiger partial charge on any atom is 0.242 e. The molecule has 2 rings (SSSR count).